The first-order valence-corrected chi connectivity index (χ1v) is 11.2. The van der Waals surface area contributed by atoms with Crippen LogP contribution in [0.1, 0.15) is 17.5 Å². The molecule has 3 aromatic rings. The van der Waals surface area contributed by atoms with E-state index in [2.05, 4.69) is 10.8 Å². The van der Waals surface area contributed by atoms with Crippen LogP contribution in [0.15, 0.2) is 65.6 Å². The van der Waals surface area contributed by atoms with E-state index in [1.807, 2.05) is 6.07 Å². The Morgan fingerprint density at radius 2 is 1.87 bits per heavy atom. The van der Waals surface area contributed by atoms with Gasteiger partial charge in [0.15, 0.2) is 0 Å². The smallest absolute Gasteiger partial charge is 0.241 e. The lowest BCUT2D eigenvalue weighted by Crippen LogP contribution is -2.41. The maximum atomic E-state index is 12.8. The molecule has 1 amide bonds. The molecule has 0 aliphatic carbocycles. The van der Waals surface area contributed by atoms with E-state index in [9.17, 15) is 13.2 Å². The van der Waals surface area contributed by atoms with Gasteiger partial charge in [-0.1, -0.05) is 35.9 Å². The number of fused-ring (bicyclic) bond motifs is 1. The SMILES string of the molecule is N#Cc1cccc(CN2CC[C@H](NS(=O)(=O)c3ccc4cc(Cl)ccc4c3)C2=O)c1. The highest BCUT2D eigenvalue weighted by Crippen LogP contribution is 2.24. The molecule has 1 fully saturated rings. The van der Waals surface area contributed by atoms with Crippen LogP contribution in [-0.2, 0) is 21.4 Å². The predicted octanol–water partition coefficient (Wildman–Crippen LogP) is 3.44. The number of nitriles is 1. The van der Waals surface area contributed by atoms with Crippen LogP contribution in [-0.4, -0.2) is 31.8 Å². The standard InChI is InChI=1S/C22H18ClN3O3S/c23-19-6-4-18-12-20(7-5-17(18)11-19)30(28,29)25-21-8-9-26(22(21)27)14-16-3-1-2-15(10-16)13-24/h1-7,10-12,21,25H,8-9,14H2/t21-/m0/s1. The monoisotopic (exact) mass is 439 g/mol. The number of benzene rings is 3. The summed E-state index contributed by atoms with van der Waals surface area (Å²) < 4.78 is 28.2. The second-order valence-corrected chi connectivity index (χ2v) is 9.34. The highest BCUT2D eigenvalue weighted by Gasteiger charge is 2.34. The summed E-state index contributed by atoms with van der Waals surface area (Å²) in [6.45, 7) is 0.780. The van der Waals surface area contributed by atoms with Crippen molar-refractivity contribution in [3.05, 3.63) is 76.8 Å². The Morgan fingerprint density at radius 3 is 2.67 bits per heavy atom. The third-order valence-corrected chi connectivity index (χ3v) is 6.81. The van der Waals surface area contributed by atoms with Crippen molar-refractivity contribution in [2.45, 2.75) is 23.9 Å². The quantitative estimate of drug-likeness (QED) is 0.659. The lowest BCUT2D eigenvalue weighted by molar-refractivity contribution is -0.129. The highest BCUT2D eigenvalue weighted by molar-refractivity contribution is 7.89. The summed E-state index contributed by atoms with van der Waals surface area (Å²) in [5.74, 6) is -0.270. The number of rotatable bonds is 5. The van der Waals surface area contributed by atoms with E-state index in [1.165, 1.54) is 6.07 Å². The number of nitrogens with one attached hydrogen (secondary N) is 1. The minimum Gasteiger partial charge on any atom is -0.337 e. The van der Waals surface area contributed by atoms with E-state index in [4.69, 9.17) is 16.9 Å². The average Bonchev–Trinajstić information content (AvgIpc) is 3.06. The zero-order valence-corrected chi connectivity index (χ0v) is 17.4. The van der Waals surface area contributed by atoms with Crippen molar-refractivity contribution in [2.75, 3.05) is 6.54 Å². The van der Waals surface area contributed by atoms with Gasteiger partial charge in [-0.3, -0.25) is 4.79 Å². The molecular weight excluding hydrogens is 422 g/mol. The lowest BCUT2D eigenvalue weighted by Gasteiger charge is -2.17. The fourth-order valence-electron chi connectivity index (χ4n) is 3.58. The van der Waals surface area contributed by atoms with Crippen molar-refractivity contribution in [1.29, 1.82) is 5.26 Å². The van der Waals surface area contributed by atoms with E-state index in [0.29, 0.717) is 30.1 Å². The van der Waals surface area contributed by atoms with Crippen LogP contribution in [0, 0.1) is 11.3 Å². The first kappa shape index (κ1) is 20.4. The Kier molecular flexibility index (Phi) is 5.48. The maximum Gasteiger partial charge on any atom is 0.241 e. The summed E-state index contributed by atoms with van der Waals surface area (Å²) in [6, 6.07) is 18.3. The van der Waals surface area contributed by atoms with Crippen molar-refractivity contribution < 1.29 is 13.2 Å². The third kappa shape index (κ3) is 4.17. The summed E-state index contributed by atoms with van der Waals surface area (Å²) in [7, 11) is -3.86. The molecule has 1 atom stereocenters. The molecule has 1 saturated heterocycles. The van der Waals surface area contributed by atoms with E-state index < -0.39 is 16.1 Å². The fourth-order valence-corrected chi connectivity index (χ4v) is 5.02. The van der Waals surface area contributed by atoms with Crippen molar-refractivity contribution in [3.63, 3.8) is 0 Å². The first-order valence-electron chi connectivity index (χ1n) is 9.35. The number of sulfonamides is 1. The van der Waals surface area contributed by atoms with E-state index >= 15 is 0 Å². The van der Waals surface area contributed by atoms with Crippen LogP contribution in [0.5, 0.6) is 0 Å². The molecule has 1 aliphatic rings. The minimum atomic E-state index is -3.86. The Hall–Kier alpha value is -2.92. The molecule has 4 rings (SSSR count). The van der Waals surface area contributed by atoms with Crippen LogP contribution in [0.2, 0.25) is 5.02 Å². The number of carbonyl (C=O) groups is 1. The van der Waals surface area contributed by atoms with Gasteiger partial charge < -0.3 is 4.90 Å². The molecule has 6 nitrogen and oxygen atoms in total. The summed E-state index contributed by atoms with van der Waals surface area (Å²) in [5, 5.41) is 11.2. The molecule has 1 aliphatic heterocycles. The molecule has 0 aromatic heterocycles. The van der Waals surface area contributed by atoms with Crippen molar-refractivity contribution in [3.8, 4) is 6.07 Å². The number of amides is 1. The molecule has 30 heavy (non-hydrogen) atoms. The Bertz CT molecular complexity index is 1280. The fraction of sp³-hybridized carbons (Fsp3) is 0.182. The normalized spacial score (nSPS) is 16.7. The molecule has 3 aromatic carbocycles. The van der Waals surface area contributed by atoms with Gasteiger partial charge in [0.25, 0.3) is 0 Å². The predicted molar refractivity (Wildman–Crippen MR) is 114 cm³/mol. The molecule has 0 saturated carbocycles. The molecule has 8 heteroatoms. The molecule has 0 bridgehead atoms. The summed E-state index contributed by atoms with van der Waals surface area (Å²) in [6.07, 6.45) is 0.388. The second-order valence-electron chi connectivity index (χ2n) is 7.19. The van der Waals surface area contributed by atoms with Gasteiger partial charge in [-0.15, -0.1) is 0 Å². The summed E-state index contributed by atoms with van der Waals surface area (Å²) >= 11 is 5.98. The van der Waals surface area contributed by atoms with Gasteiger partial charge in [-0.25, -0.2) is 8.42 Å². The van der Waals surface area contributed by atoms with Crippen molar-refractivity contribution in [1.82, 2.24) is 9.62 Å². The molecule has 0 spiro atoms. The lowest BCUT2D eigenvalue weighted by atomic mass is 10.1. The number of likely N-dealkylation sites (tertiary alicyclic amines) is 1. The number of halogens is 1. The average molecular weight is 440 g/mol. The van der Waals surface area contributed by atoms with Crippen LogP contribution in [0.3, 0.4) is 0 Å². The van der Waals surface area contributed by atoms with Crippen LogP contribution in [0.4, 0.5) is 0 Å². The largest absolute Gasteiger partial charge is 0.337 e. The van der Waals surface area contributed by atoms with E-state index in [-0.39, 0.29) is 10.8 Å². The molecule has 0 unspecified atom stereocenters. The van der Waals surface area contributed by atoms with Crippen molar-refractivity contribution >= 4 is 38.3 Å². The number of nitrogens with zero attached hydrogens (tertiary/aromatic N) is 2. The van der Waals surface area contributed by atoms with Gasteiger partial charge in [-0.2, -0.15) is 9.98 Å². The Morgan fingerprint density at radius 1 is 1.10 bits per heavy atom. The zero-order chi connectivity index (χ0) is 21.3. The zero-order valence-electron chi connectivity index (χ0n) is 15.9. The van der Waals surface area contributed by atoms with Gasteiger partial charge >= 0.3 is 0 Å². The van der Waals surface area contributed by atoms with E-state index in [0.717, 1.165) is 16.3 Å². The van der Waals surface area contributed by atoms with Gasteiger partial charge in [-0.05, 0) is 59.2 Å². The highest BCUT2D eigenvalue weighted by atomic mass is 35.5. The minimum absolute atomic E-state index is 0.102. The molecule has 0 radical (unpaired) electrons. The van der Waals surface area contributed by atoms with E-state index in [1.54, 1.807) is 53.4 Å². The van der Waals surface area contributed by atoms with Gasteiger partial charge in [0.2, 0.25) is 15.9 Å². The molecular formula is C22H18ClN3O3S. The van der Waals surface area contributed by atoms with Crippen LogP contribution >= 0.6 is 11.6 Å². The third-order valence-electron chi connectivity index (χ3n) is 5.11. The number of carbonyl (C=O) groups excluding carboxylic acids is 1. The molecule has 1 N–H and O–H groups in total. The Labute approximate surface area is 179 Å². The number of hydrogen-bond donors (Lipinski definition) is 1. The number of hydrogen-bond acceptors (Lipinski definition) is 4. The molecule has 1 heterocycles. The van der Waals surface area contributed by atoms with Crippen LogP contribution in [0.25, 0.3) is 10.8 Å². The summed E-state index contributed by atoms with van der Waals surface area (Å²) in [4.78, 5) is 14.4. The van der Waals surface area contributed by atoms with Crippen LogP contribution < -0.4 is 4.72 Å². The first-order chi connectivity index (χ1) is 14.4. The maximum absolute atomic E-state index is 12.8. The second kappa shape index (κ2) is 8.07. The Balaban J connectivity index is 1.49. The molecule has 152 valence electrons. The van der Waals surface area contributed by atoms with Gasteiger partial charge in [0.1, 0.15) is 6.04 Å². The summed E-state index contributed by atoms with van der Waals surface area (Å²) in [5.41, 5.74) is 1.35. The van der Waals surface area contributed by atoms with Gasteiger partial charge in [0.05, 0.1) is 16.5 Å². The van der Waals surface area contributed by atoms with Gasteiger partial charge in [0, 0.05) is 18.1 Å². The topological polar surface area (TPSA) is 90.3 Å². The van der Waals surface area contributed by atoms with Crippen molar-refractivity contribution in [2.24, 2.45) is 0 Å².